The summed E-state index contributed by atoms with van der Waals surface area (Å²) in [6.45, 7) is 6.24. The van der Waals surface area contributed by atoms with Crippen LogP contribution in [0.2, 0.25) is 0 Å². The summed E-state index contributed by atoms with van der Waals surface area (Å²) in [4.78, 5) is 39.6. The van der Waals surface area contributed by atoms with Crippen LogP contribution in [0.25, 0.3) is 0 Å². The van der Waals surface area contributed by atoms with Gasteiger partial charge >= 0.3 is 7.60 Å². The molecule has 7 nitrogen and oxygen atoms in total. The van der Waals surface area contributed by atoms with Gasteiger partial charge in [-0.15, -0.1) is 11.8 Å². The van der Waals surface area contributed by atoms with Crippen LogP contribution < -0.4 is 9.46 Å². The molecule has 1 heterocycles. The van der Waals surface area contributed by atoms with Crippen molar-refractivity contribution in [1.29, 1.82) is 0 Å². The van der Waals surface area contributed by atoms with Crippen LogP contribution in [0.15, 0.2) is 29.4 Å². The van der Waals surface area contributed by atoms with Gasteiger partial charge in [-0.2, -0.15) is 0 Å². The van der Waals surface area contributed by atoms with E-state index in [1.54, 1.807) is 36.3 Å². The first-order chi connectivity index (χ1) is 12.4. The molecular weight excluding hydrogens is 408 g/mol. The third kappa shape index (κ3) is 10.2. The summed E-state index contributed by atoms with van der Waals surface area (Å²) in [6, 6.07) is 3.55. The first kappa shape index (κ1) is 24.8. The highest BCUT2D eigenvalue weighted by atomic mass is 32.2. The number of hydrogen-bond acceptors (Lipinski definition) is 4. The van der Waals surface area contributed by atoms with Gasteiger partial charge in [0.15, 0.2) is 31.9 Å². The van der Waals surface area contributed by atoms with E-state index in [4.69, 9.17) is 14.7 Å². The summed E-state index contributed by atoms with van der Waals surface area (Å²) in [6.07, 6.45) is 7.98. The smallest absolute Gasteiger partial charge is 0.343 e. The van der Waals surface area contributed by atoms with E-state index in [0.717, 1.165) is 23.0 Å². The summed E-state index contributed by atoms with van der Waals surface area (Å²) < 4.78 is 23.9. The van der Waals surface area contributed by atoms with Gasteiger partial charge < -0.3 is 24.1 Å². The fraction of sp³-hybridized carbons (Fsp3) is 0.706. The molecule has 3 N–H and O–H groups in total. The molecule has 0 saturated carbocycles. The van der Waals surface area contributed by atoms with Crippen LogP contribution in [0.4, 0.5) is 0 Å². The van der Waals surface area contributed by atoms with E-state index in [1.165, 1.54) is 23.8 Å². The van der Waals surface area contributed by atoms with Gasteiger partial charge in [0.2, 0.25) is 0 Å². The molecule has 3 unspecified atom stereocenters. The second-order valence-corrected chi connectivity index (χ2v) is 12.6. The minimum Gasteiger partial charge on any atom is -0.778 e. The Balaban J connectivity index is 2.50. The maximum atomic E-state index is 11.3. The molecule has 0 amide bonds. The lowest BCUT2D eigenvalue weighted by Gasteiger charge is -2.25. The van der Waals surface area contributed by atoms with Gasteiger partial charge in [0.1, 0.15) is 0 Å². The monoisotopic (exact) mass is 439 g/mol. The molecule has 3 atom stereocenters. The van der Waals surface area contributed by atoms with E-state index >= 15 is 0 Å². The fourth-order valence-corrected chi connectivity index (χ4v) is 6.03. The number of nitrogens with zero attached hydrogens (tertiary/aromatic N) is 1. The molecule has 10 heteroatoms. The van der Waals surface area contributed by atoms with Crippen molar-refractivity contribution in [2.45, 2.75) is 63.3 Å². The Hall–Kier alpha value is -0.200. The van der Waals surface area contributed by atoms with Crippen LogP contribution in [0.3, 0.4) is 0 Å². The summed E-state index contributed by atoms with van der Waals surface area (Å²) in [7, 11) is -10.1. The first-order valence-electron chi connectivity index (χ1n) is 9.10. The largest absolute Gasteiger partial charge is 0.778 e. The molecule has 0 saturated heterocycles. The van der Waals surface area contributed by atoms with Crippen LogP contribution in [0.5, 0.6) is 0 Å². The van der Waals surface area contributed by atoms with E-state index in [-0.39, 0.29) is 0 Å². The minimum atomic E-state index is -5.16. The number of hydrogen-bond donors (Lipinski definition) is 3. The van der Waals surface area contributed by atoms with Crippen LogP contribution in [-0.4, -0.2) is 25.8 Å². The third-order valence-corrected chi connectivity index (χ3v) is 9.04. The molecule has 0 radical (unpaired) electrons. The average Bonchev–Trinajstić information content (AvgIpc) is 2.51. The Morgan fingerprint density at radius 3 is 2.15 bits per heavy atom. The van der Waals surface area contributed by atoms with Crippen molar-refractivity contribution in [3.05, 3.63) is 24.5 Å². The minimum absolute atomic E-state index is 0.501. The number of rotatable bonds is 12. The summed E-state index contributed by atoms with van der Waals surface area (Å²) >= 11 is 1.69. The maximum Gasteiger partial charge on any atom is 0.343 e. The Morgan fingerprint density at radius 2 is 1.67 bits per heavy atom. The highest BCUT2D eigenvalue weighted by Gasteiger charge is 2.40. The zero-order valence-corrected chi connectivity index (χ0v) is 18.7. The Morgan fingerprint density at radius 1 is 1.07 bits per heavy atom. The third-order valence-electron chi connectivity index (χ3n) is 4.36. The van der Waals surface area contributed by atoms with E-state index in [9.17, 15) is 14.0 Å². The molecule has 1 rings (SSSR count). The standard InChI is InChI=1S/C17H31NO6P2S/c1-14(2)5-4-6-15(3)9-12-27-16-7-10-18(11-8-16)13-17(25(19,20)21)26(22,23)24/h7-8,10-11,14-15,17H,4-6,9,12-13H2,1-3H3,(H3-,19,20,21,22,23,24). The van der Waals surface area contributed by atoms with Crippen molar-refractivity contribution >= 4 is 27.0 Å². The molecular formula is C17H31NO6P2S. The van der Waals surface area contributed by atoms with Crippen molar-refractivity contribution < 1.29 is 33.3 Å². The molecule has 1 aromatic rings. The highest BCUT2D eigenvalue weighted by molar-refractivity contribution is 7.99. The summed E-state index contributed by atoms with van der Waals surface area (Å²) in [5.41, 5.74) is 0. The van der Waals surface area contributed by atoms with Gasteiger partial charge in [-0.25, -0.2) is 4.57 Å². The second kappa shape index (κ2) is 11.1. The fourth-order valence-electron chi connectivity index (χ4n) is 2.65. The number of pyridine rings is 1. The maximum absolute atomic E-state index is 11.3. The number of aromatic nitrogens is 1. The van der Waals surface area contributed by atoms with Gasteiger partial charge in [0.05, 0.1) is 0 Å². The van der Waals surface area contributed by atoms with E-state index < -0.39 is 27.1 Å². The Kier molecular flexibility index (Phi) is 10.2. The zero-order valence-electron chi connectivity index (χ0n) is 16.1. The normalized spacial score (nSPS) is 16.9. The van der Waals surface area contributed by atoms with E-state index in [1.807, 2.05) is 0 Å². The van der Waals surface area contributed by atoms with E-state index in [2.05, 4.69) is 20.8 Å². The lowest BCUT2D eigenvalue weighted by molar-refractivity contribution is -0.695. The van der Waals surface area contributed by atoms with Crippen molar-refractivity contribution in [1.82, 2.24) is 0 Å². The van der Waals surface area contributed by atoms with Gasteiger partial charge in [-0.05, 0) is 24.0 Å². The predicted octanol–water partition coefficient (Wildman–Crippen LogP) is 2.97. The summed E-state index contributed by atoms with van der Waals surface area (Å²) in [5.74, 6) is 2.39. The zero-order chi connectivity index (χ0) is 20.7. The van der Waals surface area contributed by atoms with Crippen LogP contribution in [0, 0.1) is 11.8 Å². The van der Waals surface area contributed by atoms with Gasteiger partial charge in [0, 0.05) is 17.0 Å². The molecule has 0 bridgehead atoms. The second-order valence-electron chi connectivity index (χ2n) is 7.43. The molecule has 27 heavy (non-hydrogen) atoms. The lowest BCUT2D eigenvalue weighted by Crippen LogP contribution is -2.40. The molecule has 156 valence electrons. The van der Waals surface area contributed by atoms with Crippen molar-refractivity contribution in [3.8, 4) is 0 Å². The molecule has 0 aromatic carbocycles. The molecule has 0 fully saturated rings. The molecule has 0 aliphatic heterocycles. The molecule has 1 aromatic heterocycles. The SMILES string of the molecule is CC(C)CCCC(C)CCSc1cc[n+](CC(P(=O)([O-])O)P(=O)(O)O)cc1. The lowest BCUT2D eigenvalue weighted by atomic mass is 9.98. The quantitative estimate of drug-likeness (QED) is 0.260. The molecule has 0 spiro atoms. The topological polar surface area (TPSA) is 122 Å². The van der Waals surface area contributed by atoms with Crippen LogP contribution in [0.1, 0.15) is 46.5 Å². The van der Waals surface area contributed by atoms with Crippen molar-refractivity contribution in [2.24, 2.45) is 11.8 Å². The summed E-state index contributed by atoms with van der Waals surface area (Å²) in [5, 5.41) is -2.14. The van der Waals surface area contributed by atoms with Crippen LogP contribution in [-0.2, 0) is 15.7 Å². The molecule has 0 aliphatic carbocycles. The van der Waals surface area contributed by atoms with Crippen molar-refractivity contribution in [3.63, 3.8) is 0 Å². The Labute approximate surface area is 165 Å². The predicted molar refractivity (Wildman–Crippen MR) is 105 cm³/mol. The van der Waals surface area contributed by atoms with E-state index in [0.29, 0.717) is 5.92 Å². The molecule has 0 aliphatic rings. The first-order valence-corrected chi connectivity index (χ1v) is 13.4. The van der Waals surface area contributed by atoms with Gasteiger partial charge in [-0.1, -0.05) is 40.0 Å². The van der Waals surface area contributed by atoms with Crippen molar-refractivity contribution in [2.75, 3.05) is 5.75 Å². The average molecular weight is 439 g/mol. The number of thioether (sulfide) groups is 1. The highest BCUT2D eigenvalue weighted by Crippen LogP contribution is 2.57. The van der Waals surface area contributed by atoms with Gasteiger partial charge in [-0.3, -0.25) is 4.57 Å². The van der Waals surface area contributed by atoms with Crippen LogP contribution >= 0.6 is 27.0 Å². The Bertz CT molecular complexity index is 636. The van der Waals surface area contributed by atoms with Gasteiger partial charge in [0.25, 0.3) is 0 Å².